The minimum Gasteiger partial charge on any atom is -0.493 e. The SMILES string of the molecule is COc1c(F)cccc1C(=O)N1C2CCC1C(Cc1ccc(Br)cn1)C2. The molecule has 3 unspecified atom stereocenters. The lowest BCUT2D eigenvalue weighted by molar-refractivity contribution is 0.0714. The van der Waals surface area contributed by atoms with Gasteiger partial charge in [-0.05, 0) is 71.8 Å². The summed E-state index contributed by atoms with van der Waals surface area (Å²) in [5.41, 5.74) is 1.35. The molecule has 1 aromatic carbocycles. The number of fused-ring (bicyclic) bond motifs is 2. The third-order valence-corrected chi connectivity index (χ3v) is 6.03. The molecule has 3 heterocycles. The first kappa shape index (κ1) is 17.5. The van der Waals surface area contributed by atoms with Crippen molar-refractivity contribution in [1.82, 2.24) is 9.88 Å². The van der Waals surface area contributed by atoms with Gasteiger partial charge >= 0.3 is 0 Å². The van der Waals surface area contributed by atoms with Gasteiger partial charge in [-0.15, -0.1) is 0 Å². The van der Waals surface area contributed by atoms with Gasteiger partial charge in [-0.1, -0.05) is 6.07 Å². The van der Waals surface area contributed by atoms with Crippen LogP contribution in [0.15, 0.2) is 41.0 Å². The van der Waals surface area contributed by atoms with Gasteiger partial charge in [0.25, 0.3) is 5.91 Å². The molecular formula is C20H20BrFN2O2. The molecule has 0 radical (unpaired) electrons. The maximum atomic E-state index is 14.0. The molecule has 2 bridgehead atoms. The first-order valence-corrected chi connectivity index (χ1v) is 9.63. The van der Waals surface area contributed by atoms with Gasteiger partial charge in [-0.3, -0.25) is 9.78 Å². The minimum atomic E-state index is -0.500. The molecular weight excluding hydrogens is 399 g/mol. The molecule has 2 fully saturated rings. The van der Waals surface area contributed by atoms with Crippen molar-refractivity contribution in [2.45, 2.75) is 37.8 Å². The molecule has 2 saturated heterocycles. The Hall–Kier alpha value is -1.95. The van der Waals surface area contributed by atoms with Crippen LogP contribution in [-0.4, -0.2) is 35.0 Å². The highest BCUT2D eigenvalue weighted by atomic mass is 79.9. The molecule has 2 aliphatic heterocycles. The summed E-state index contributed by atoms with van der Waals surface area (Å²) in [6.07, 6.45) is 5.65. The summed E-state index contributed by atoms with van der Waals surface area (Å²) in [6, 6.07) is 8.95. The van der Waals surface area contributed by atoms with Crippen LogP contribution in [0.3, 0.4) is 0 Å². The number of carbonyl (C=O) groups excluding carboxylic acids is 1. The number of rotatable bonds is 4. The molecule has 0 aliphatic carbocycles. The summed E-state index contributed by atoms with van der Waals surface area (Å²) in [7, 11) is 1.40. The smallest absolute Gasteiger partial charge is 0.258 e. The maximum absolute atomic E-state index is 14.0. The largest absolute Gasteiger partial charge is 0.493 e. The fourth-order valence-electron chi connectivity index (χ4n) is 4.47. The van der Waals surface area contributed by atoms with Crippen LogP contribution in [0, 0.1) is 11.7 Å². The number of para-hydroxylation sites is 1. The summed E-state index contributed by atoms with van der Waals surface area (Å²) in [5, 5.41) is 0. The zero-order valence-electron chi connectivity index (χ0n) is 14.5. The zero-order valence-corrected chi connectivity index (χ0v) is 16.1. The van der Waals surface area contributed by atoms with Crippen molar-refractivity contribution in [1.29, 1.82) is 0 Å². The van der Waals surface area contributed by atoms with Crippen molar-refractivity contribution in [3.05, 3.63) is 58.1 Å². The highest BCUT2D eigenvalue weighted by Gasteiger charge is 2.48. The van der Waals surface area contributed by atoms with Gasteiger partial charge in [0.2, 0.25) is 0 Å². The van der Waals surface area contributed by atoms with Crippen molar-refractivity contribution in [3.63, 3.8) is 0 Å². The van der Waals surface area contributed by atoms with E-state index in [1.807, 2.05) is 23.2 Å². The molecule has 136 valence electrons. The Balaban J connectivity index is 1.56. The number of hydrogen-bond donors (Lipinski definition) is 0. The topological polar surface area (TPSA) is 42.4 Å². The molecule has 4 nitrogen and oxygen atoms in total. The lowest BCUT2D eigenvalue weighted by atomic mass is 9.86. The molecule has 6 heteroatoms. The Bertz CT molecular complexity index is 827. The Morgan fingerprint density at radius 2 is 2.19 bits per heavy atom. The van der Waals surface area contributed by atoms with Crippen LogP contribution in [-0.2, 0) is 6.42 Å². The Kier molecular flexibility index (Phi) is 4.69. The number of hydrogen-bond acceptors (Lipinski definition) is 3. The van der Waals surface area contributed by atoms with Gasteiger partial charge in [-0.25, -0.2) is 4.39 Å². The van der Waals surface area contributed by atoms with E-state index in [0.29, 0.717) is 11.5 Å². The predicted octanol–water partition coefficient (Wildman–Crippen LogP) is 4.23. The number of halogens is 2. The number of methoxy groups -OCH3 is 1. The van der Waals surface area contributed by atoms with Crippen molar-refractivity contribution in [3.8, 4) is 5.75 Å². The van der Waals surface area contributed by atoms with Crippen molar-refractivity contribution < 1.29 is 13.9 Å². The summed E-state index contributed by atoms with van der Waals surface area (Å²) in [6.45, 7) is 0. The standard InChI is InChI=1S/C20H20BrFN2O2/c1-26-19-16(3-2-4-17(19)22)20(25)24-15-7-8-18(24)12(10-15)9-14-6-5-13(21)11-23-14/h2-6,11-12,15,18H,7-10H2,1H3. The van der Waals surface area contributed by atoms with E-state index in [2.05, 4.69) is 20.9 Å². The predicted molar refractivity (Wildman–Crippen MR) is 99.7 cm³/mol. The third-order valence-electron chi connectivity index (χ3n) is 5.56. The van der Waals surface area contributed by atoms with Gasteiger partial charge < -0.3 is 9.64 Å². The van der Waals surface area contributed by atoms with Gasteiger partial charge in [0, 0.05) is 28.4 Å². The van der Waals surface area contributed by atoms with E-state index >= 15 is 0 Å². The fourth-order valence-corrected chi connectivity index (χ4v) is 4.70. The highest BCUT2D eigenvalue weighted by Crippen LogP contribution is 2.44. The van der Waals surface area contributed by atoms with E-state index in [4.69, 9.17) is 4.74 Å². The fraction of sp³-hybridized carbons (Fsp3) is 0.400. The van der Waals surface area contributed by atoms with E-state index in [9.17, 15) is 9.18 Å². The van der Waals surface area contributed by atoms with Crippen molar-refractivity contribution >= 4 is 21.8 Å². The van der Waals surface area contributed by atoms with Crippen molar-refractivity contribution in [2.24, 2.45) is 5.92 Å². The summed E-state index contributed by atoms with van der Waals surface area (Å²) in [5.74, 6) is -0.193. The van der Waals surface area contributed by atoms with E-state index in [-0.39, 0.29) is 23.7 Å². The average Bonchev–Trinajstić information content (AvgIpc) is 3.20. The van der Waals surface area contributed by atoms with Crippen LogP contribution in [0.4, 0.5) is 4.39 Å². The van der Waals surface area contributed by atoms with Crippen LogP contribution in [0.5, 0.6) is 5.75 Å². The number of aromatic nitrogens is 1. The normalized spacial score (nSPS) is 24.1. The number of nitrogens with zero attached hydrogens (tertiary/aromatic N) is 2. The summed E-state index contributed by atoms with van der Waals surface area (Å²) >= 11 is 3.41. The number of carbonyl (C=O) groups is 1. The van der Waals surface area contributed by atoms with Gasteiger partial charge in [0.05, 0.1) is 12.7 Å². The Labute approximate surface area is 160 Å². The first-order chi connectivity index (χ1) is 12.6. The van der Waals surface area contributed by atoms with Crippen LogP contribution < -0.4 is 4.74 Å². The molecule has 3 atom stereocenters. The summed E-state index contributed by atoms with van der Waals surface area (Å²) < 4.78 is 20.1. The second-order valence-corrected chi connectivity index (χ2v) is 7.91. The zero-order chi connectivity index (χ0) is 18.3. The molecule has 1 amide bonds. The second-order valence-electron chi connectivity index (χ2n) is 7.00. The lowest BCUT2D eigenvalue weighted by Crippen LogP contribution is -2.37. The van der Waals surface area contributed by atoms with Gasteiger partial charge in [0.15, 0.2) is 11.6 Å². The van der Waals surface area contributed by atoms with E-state index in [1.165, 1.54) is 13.2 Å². The Morgan fingerprint density at radius 3 is 2.92 bits per heavy atom. The molecule has 2 aromatic rings. The van der Waals surface area contributed by atoms with E-state index in [1.54, 1.807) is 12.1 Å². The number of ether oxygens (including phenoxy) is 1. The van der Waals surface area contributed by atoms with Gasteiger partial charge in [0.1, 0.15) is 0 Å². The van der Waals surface area contributed by atoms with Crippen LogP contribution in [0.1, 0.15) is 35.3 Å². The molecule has 4 rings (SSSR count). The maximum Gasteiger partial charge on any atom is 0.258 e. The van der Waals surface area contributed by atoms with E-state index < -0.39 is 5.82 Å². The molecule has 26 heavy (non-hydrogen) atoms. The lowest BCUT2D eigenvalue weighted by Gasteiger charge is -2.25. The average molecular weight is 419 g/mol. The molecule has 0 N–H and O–H groups in total. The van der Waals surface area contributed by atoms with Gasteiger partial charge in [-0.2, -0.15) is 0 Å². The Morgan fingerprint density at radius 1 is 1.35 bits per heavy atom. The summed E-state index contributed by atoms with van der Waals surface area (Å²) in [4.78, 5) is 19.6. The van der Waals surface area contributed by atoms with Crippen LogP contribution in [0.2, 0.25) is 0 Å². The van der Waals surface area contributed by atoms with Crippen LogP contribution >= 0.6 is 15.9 Å². The van der Waals surface area contributed by atoms with E-state index in [0.717, 1.165) is 35.8 Å². The minimum absolute atomic E-state index is 0.0370. The van der Waals surface area contributed by atoms with Crippen LogP contribution in [0.25, 0.3) is 0 Å². The second kappa shape index (κ2) is 6.99. The number of benzene rings is 1. The monoisotopic (exact) mass is 418 g/mol. The highest BCUT2D eigenvalue weighted by molar-refractivity contribution is 9.10. The number of pyridine rings is 1. The molecule has 0 spiro atoms. The molecule has 1 aromatic heterocycles. The third kappa shape index (κ3) is 3.00. The molecule has 2 aliphatic rings. The first-order valence-electron chi connectivity index (χ1n) is 8.84. The quantitative estimate of drug-likeness (QED) is 0.745. The number of amides is 1. The van der Waals surface area contributed by atoms with Crippen molar-refractivity contribution in [2.75, 3.05) is 7.11 Å². The molecule has 0 saturated carbocycles.